The van der Waals surface area contributed by atoms with Crippen molar-refractivity contribution in [2.45, 2.75) is 0 Å². The molecule has 0 aliphatic carbocycles. The van der Waals surface area contributed by atoms with Gasteiger partial charge in [-0.15, -0.1) is 19.3 Å². The van der Waals surface area contributed by atoms with Crippen LogP contribution < -0.4 is 0 Å². The van der Waals surface area contributed by atoms with Gasteiger partial charge in [0, 0.05) is 0 Å². The molecular weight excluding hydrogens is 180 g/mol. The van der Waals surface area contributed by atoms with Crippen molar-refractivity contribution in [3.05, 3.63) is 0 Å². The van der Waals surface area contributed by atoms with Gasteiger partial charge in [-0.3, -0.25) is 0 Å². The van der Waals surface area contributed by atoms with Gasteiger partial charge in [0.25, 0.3) is 0 Å². The molecule has 2 heteroatoms. The zero-order valence-corrected chi connectivity index (χ0v) is 6.70. The Balaban J connectivity index is 4.42. The molecule has 38 valence electrons. The highest BCUT2D eigenvalue weighted by atomic mass is 79.9. The monoisotopic (exact) mass is 182 g/mol. The predicted octanol–water partition coefficient (Wildman–Crippen LogP) is 0.844. The highest BCUT2D eigenvalue weighted by Gasteiger charge is 2.20. The van der Waals surface area contributed by atoms with Crippen LogP contribution in [0, 0.1) is 35.9 Å². The second-order valence-corrected chi connectivity index (χ2v) is 6.84. The van der Waals surface area contributed by atoms with Crippen LogP contribution in [-0.4, -0.2) is 6.69 Å². The molecule has 0 atom stereocenters. The second-order valence-electron chi connectivity index (χ2n) is 1.09. The van der Waals surface area contributed by atoms with Gasteiger partial charge in [0.1, 0.15) is 0 Å². The summed E-state index contributed by atoms with van der Waals surface area (Å²) < 4.78 is 0. The van der Waals surface area contributed by atoms with Crippen molar-refractivity contribution in [2.75, 3.05) is 0 Å². The normalized spacial score (nSPS) is 8.25. The van der Waals surface area contributed by atoms with E-state index in [1.165, 1.54) is 0 Å². The zero-order valence-electron chi connectivity index (χ0n) is 4.11. The van der Waals surface area contributed by atoms with Crippen molar-refractivity contribution in [1.82, 2.24) is 0 Å². The average molecular weight is 183 g/mol. The highest BCUT2D eigenvalue weighted by Crippen LogP contribution is 2.05. The summed E-state index contributed by atoms with van der Waals surface area (Å²) in [6, 6.07) is 0. The largest absolute Gasteiger partial charge is 0.360 e. The average Bonchev–Trinajstić information content (AvgIpc) is 1.87. The molecule has 0 aromatic carbocycles. The van der Waals surface area contributed by atoms with Crippen LogP contribution in [0.15, 0.2) is 0 Å². The van der Waals surface area contributed by atoms with E-state index < -0.39 is 6.69 Å². The Labute approximate surface area is 58.3 Å². The summed E-state index contributed by atoms with van der Waals surface area (Å²) in [5.41, 5.74) is 7.08. The molecule has 0 radical (unpaired) electrons. The van der Waals surface area contributed by atoms with E-state index in [1.807, 2.05) is 0 Å². The number of terminal acetylenes is 3. The van der Waals surface area contributed by atoms with Gasteiger partial charge in [-0.1, -0.05) is 31.9 Å². The molecule has 0 nitrogen and oxygen atoms in total. The quantitative estimate of drug-likeness (QED) is 0.296. The first-order chi connectivity index (χ1) is 3.68. The van der Waals surface area contributed by atoms with E-state index in [0.29, 0.717) is 0 Å². The Morgan fingerprint density at radius 1 is 1.00 bits per heavy atom. The standard InChI is InChI=1S/C6H3BrSi/c1-4-8(7,5-2)6-3/h1-3H. The van der Waals surface area contributed by atoms with Crippen molar-refractivity contribution in [2.24, 2.45) is 0 Å². The third-order valence-electron chi connectivity index (χ3n) is 0.597. The van der Waals surface area contributed by atoms with Gasteiger partial charge >= 0.3 is 6.69 Å². The molecule has 0 aromatic heterocycles. The van der Waals surface area contributed by atoms with Gasteiger partial charge in [0.2, 0.25) is 0 Å². The van der Waals surface area contributed by atoms with Gasteiger partial charge in [-0.2, -0.15) is 0 Å². The van der Waals surface area contributed by atoms with Crippen molar-refractivity contribution in [3.63, 3.8) is 0 Å². The van der Waals surface area contributed by atoms with E-state index in [9.17, 15) is 0 Å². The maximum Gasteiger partial charge on any atom is 0.360 e. The van der Waals surface area contributed by atoms with E-state index in [1.54, 1.807) is 0 Å². The van der Waals surface area contributed by atoms with Gasteiger partial charge in [0.15, 0.2) is 0 Å². The molecule has 0 aromatic rings. The van der Waals surface area contributed by atoms with Crippen molar-refractivity contribution >= 4 is 22.0 Å². The lowest BCUT2D eigenvalue weighted by Crippen LogP contribution is -2.18. The third-order valence-corrected chi connectivity index (χ3v) is 3.85. The molecule has 0 rings (SSSR count). The van der Waals surface area contributed by atoms with Crippen LogP contribution in [-0.2, 0) is 0 Å². The molecule has 0 amide bonds. The van der Waals surface area contributed by atoms with E-state index in [2.05, 4.69) is 31.9 Å². The van der Waals surface area contributed by atoms with Gasteiger partial charge in [-0.05, 0) is 0 Å². The highest BCUT2D eigenvalue weighted by molar-refractivity contribution is 9.27. The maximum absolute atomic E-state index is 5.01. The van der Waals surface area contributed by atoms with Crippen molar-refractivity contribution < 1.29 is 0 Å². The first-order valence-electron chi connectivity index (χ1n) is 1.81. The number of hydrogen-bond acceptors (Lipinski definition) is 0. The molecule has 0 bridgehead atoms. The summed E-state index contributed by atoms with van der Waals surface area (Å²) in [4.78, 5) is 0. The first-order valence-corrected chi connectivity index (χ1v) is 6.06. The lowest BCUT2D eigenvalue weighted by molar-refractivity contribution is 2.62. The minimum Gasteiger partial charge on any atom is -0.124 e. The fraction of sp³-hybridized carbons (Fsp3) is 0. The Morgan fingerprint density at radius 2 is 1.25 bits per heavy atom. The van der Waals surface area contributed by atoms with Crippen LogP contribution >= 0.6 is 15.3 Å². The van der Waals surface area contributed by atoms with Gasteiger partial charge in [-0.25, -0.2) is 0 Å². The van der Waals surface area contributed by atoms with Crippen LogP contribution in [0.1, 0.15) is 0 Å². The zero-order chi connectivity index (χ0) is 6.62. The topological polar surface area (TPSA) is 0 Å². The van der Waals surface area contributed by atoms with Crippen LogP contribution in [0.2, 0.25) is 0 Å². The fourth-order valence-electron chi connectivity index (χ4n) is 0.125. The molecule has 0 aliphatic rings. The minimum atomic E-state index is -2.28. The van der Waals surface area contributed by atoms with Gasteiger partial charge in [0.05, 0.1) is 0 Å². The lowest BCUT2D eigenvalue weighted by atomic mass is 11.3. The van der Waals surface area contributed by atoms with Crippen molar-refractivity contribution in [3.8, 4) is 35.9 Å². The summed E-state index contributed by atoms with van der Waals surface area (Å²) in [6.07, 6.45) is 15.0. The Kier molecular flexibility index (Phi) is 2.42. The van der Waals surface area contributed by atoms with Crippen LogP contribution in [0.4, 0.5) is 0 Å². The smallest absolute Gasteiger partial charge is 0.124 e. The second kappa shape index (κ2) is 2.63. The molecule has 0 saturated carbocycles. The van der Waals surface area contributed by atoms with E-state index in [4.69, 9.17) is 19.3 Å². The molecular formula is C6H3BrSi. The lowest BCUT2D eigenvalue weighted by Gasteiger charge is -1.96. The van der Waals surface area contributed by atoms with Crippen LogP contribution in [0.3, 0.4) is 0 Å². The van der Waals surface area contributed by atoms with Crippen LogP contribution in [0.5, 0.6) is 0 Å². The van der Waals surface area contributed by atoms with Crippen LogP contribution in [0.25, 0.3) is 0 Å². The Hall–Kier alpha value is -0.623. The number of halogens is 1. The maximum atomic E-state index is 5.01. The molecule has 0 aliphatic heterocycles. The fourth-order valence-corrected chi connectivity index (χ4v) is 0.375. The van der Waals surface area contributed by atoms with E-state index >= 15 is 0 Å². The molecule has 0 heterocycles. The molecule has 0 unspecified atom stereocenters. The molecule has 0 N–H and O–H groups in total. The summed E-state index contributed by atoms with van der Waals surface area (Å²) in [5.74, 6) is 0. The van der Waals surface area contributed by atoms with E-state index in [-0.39, 0.29) is 0 Å². The Morgan fingerprint density at radius 3 is 1.25 bits per heavy atom. The molecule has 0 saturated heterocycles. The molecule has 0 fully saturated rings. The summed E-state index contributed by atoms with van der Waals surface area (Å²) in [7, 11) is 0. The number of rotatable bonds is 0. The third kappa shape index (κ3) is 1.47. The van der Waals surface area contributed by atoms with Gasteiger partial charge < -0.3 is 0 Å². The predicted molar refractivity (Wildman–Crippen MR) is 41.2 cm³/mol. The summed E-state index contributed by atoms with van der Waals surface area (Å²) >= 11 is 3.11. The number of hydrogen-bond donors (Lipinski definition) is 0. The van der Waals surface area contributed by atoms with Crippen molar-refractivity contribution in [1.29, 1.82) is 0 Å². The Bertz CT molecular complexity index is 162. The summed E-state index contributed by atoms with van der Waals surface area (Å²) in [5, 5.41) is 0. The summed E-state index contributed by atoms with van der Waals surface area (Å²) in [6.45, 7) is -2.28. The minimum absolute atomic E-state index is 2.28. The molecule has 0 spiro atoms. The first kappa shape index (κ1) is 7.38. The van der Waals surface area contributed by atoms with E-state index in [0.717, 1.165) is 0 Å². The molecule has 8 heavy (non-hydrogen) atoms. The SMILES string of the molecule is C#C[Si](Br)(C#C)C#C.